The number of carbonyl (C=O) groups is 1. The molecule has 3 rings (SSSR count). The third kappa shape index (κ3) is 2.33. The average Bonchev–Trinajstić information content (AvgIpc) is 2.84. The standard InChI is InChI=1S/C16H10Cl2O2/c1-9-2-3-10(7-13(9)18)16(19)15-8-11-6-12(17)4-5-14(11)20-15/h2-8H,1H3. The van der Waals surface area contributed by atoms with Crippen molar-refractivity contribution in [3.8, 4) is 0 Å². The third-order valence-electron chi connectivity index (χ3n) is 3.14. The van der Waals surface area contributed by atoms with E-state index in [4.69, 9.17) is 27.6 Å². The molecule has 0 aliphatic carbocycles. The second-order valence-corrected chi connectivity index (χ2v) is 5.43. The van der Waals surface area contributed by atoms with Crippen molar-refractivity contribution >= 4 is 40.0 Å². The van der Waals surface area contributed by atoms with Gasteiger partial charge < -0.3 is 4.42 Å². The van der Waals surface area contributed by atoms with E-state index in [9.17, 15) is 4.79 Å². The molecule has 0 aliphatic rings. The number of benzene rings is 2. The Hall–Kier alpha value is -1.77. The van der Waals surface area contributed by atoms with Crippen LogP contribution in [0, 0.1) is 6.92 Å². The molecule has 0 spiro atoms. The van der Waals surface area contributed by atoms with Gasteiger partial charge in [0.1, 0.15) is 5.58 Å². The zero-order valence-electron chi connectivity index (χ0n) is 10.6. The highest BCUT2D eigenvalue weighted by atomic mass is 35.5. The summed E-state index contributed by atoms with van der Waals surface area (Å²) in [6.07, 6.45) is 0. The van der Waals surface area contributed by atoms with Crippen molar-refractivity contribution in [2.45, 2.75) is 6.92 Å². The molecule has 0 bridgehead atoms. The van der Waals surface area contributed by atoms with Crippen LogP contribution in [0.25, 0.3) is 11.0 Å². The van der Waals surface area contributed by atoms with Crippen LogP contribution >= 0.6 is 23.2 Å². The summed E-state index contributed by atoms with van der Waals surface area (Å²) in [6.45, 7) is 1.89. The fourth-order valence-electron chi connectivity index (χ4n) is 2.00. The lowest BCUT2D eigenvalue weighted by Crippen LogP contribution is -1.99. The molecule has 2 aromatic carbocycles. The Morgan fingerprint density at radius 2 is 1.85 bits per heavy atom. The van der Waals surface area contributed by atoms with Gasteiger partial charge in [0.25, 0.3) is 0 Å². The minimum Gasteiger partial charge on any atom is -0.453 e. The number of furan rings is 1. The minimum absolute atomic E-state index is 0.195. The molecular formula is C16H10Cl2O2. The molecule has 1 aromatic heterocycles. The predicted octanol–water partition coefficient (Wildman–Crippen LogP) is 5.28. The van der Waals surface area contributed by atoms with Gasteiger partial charge in [-0.25, -0.2) is 0 Å². The Morgan fingerprint density at radius 3 is 2.60 bits per heavy atom. The lowest BCUT2D eigenvalue weighted by molar-refractivity contribution is 0.101. The molecule has 0 aliphatic heterocycles. The molecule has 0 unspecified atom stereocenters. The van der Waals surface area contributed by atoms with Crippen molar-refractivity contribution < 1.29 is 9.21 Å². The number of halogens is 2. The van der Waals surface area contributed by atoms with Crippen LogP contribution in [0.3, 0.4) is 0 Å². The largest absolute Gasteiger partial charge is 0.453 e. The molecule has 20 heavy (non-hydrogen) atoms. The van der Waals surface area contributed by atoms with Gasteiger partial charge in [-0.15, -0.1) is 0 Å². The average molecular weight is 305 g/mol. The van der Waals surface area contributed by atoms with Crippen molar-refractivity contribution in [2.75, 3.05) is 0 Å². The maximum atomic E-state index is 12.4. The number of rotatable bonds is 2. The summed E-state index contributed by atoms with van der Waals surface area (Å²) in [5, 5.41) is 1.98. The van der Waals surface area contributed by atoms with Gasteiger partial charge >= 0.3 is 0 Å². The monoisotopic (exact) mass is 304 g/mol. The molecule has 100 valence electrons. The molecule has 3 aromatic rings. The lowest BCUT2D eigenvalue weighted by atomic mass is 10.1. The Bertz CT molecular complexity index is 818. The van der Waals surface area contributed by atoms with E-state index in [1.165, 1.54) is 0 Å². The summed E-state index contributed by atoms with van der Waals surface area (Å²) in [5.41, 5.74) is 2.07. The number of aryl methyl sites for hydroxylation is 1. The van der Waals surface area contributed by atoms with Gasteiger partial charge in [-0.3, -0.25) is 4.79 Å². The van der Waals surface area contributed by atoms with Gasteiger partial charge in [0.2, 0.25) is 5.78 Å². The first-order chi connectivity index (χ1) is 9.54. The maximum absolute atomic E-state index is 12.4. The SMILES string of the molecule is Cc1ccc(C(=O)c2cc3cc(Cl)ccc3o2)cc1Cl. The molecule has 0 amide bonds. The minimum atomic E-state index is -0.195. The van der Waals surface area contributed by atoms with E-state index in [2.05, 4.69) is 0 Å². The molecule has 0 saturated carbocycles. The predicted molar refractivity (Wildman–Crippen MR) is 80.8 cm³/mol. The molecule has 0 N–H and O–H groups in total. The highest BCUT2D eigenvalue weighted by Crippen LogP contribution is 2.25. The summed E-state index contributed by atoms with van der Waals surface area (Å²) in [4.78, 5) is 12.4. The van der Waals surface area contributed by atoms with Gasteiger partial charge in [0.15, 0.2) is 5.76 Å². The van der Waals surface area contributed by atoms with E-state index in [1.807, 2.05) is 13.0 Å². The van der Waals surface area contributed by atoms with E-state index >= 15 is 0 Å². The van der Waals surface area contributed by atoms with Crippen LogP contribution in [0.4, 0.5) is 0 Å². The van der Waals surface area contributed by atoms with Crippen LogP contribution in [0.15, 0.2) is 46.9 Å². The lowest BCUT2D eigenvalue weighted by Gasteiger charge is -2.01. The van der Waals surface area contributed by atoms with E-state index in [0.717, 1.165) is 10.9 Å². The Balaban J connectivity index is 2.05. The number of hydrogen-bond donors (Lipinski definition) is 0. The number of ketones is 1. The van der Waals surface area contributed by atoms with Crippen LogP contribution in [-0.2, 0) is 0 Å². The quantitative estimate of drug-likeness (QED) is 0.603. The summed E-state index contributed by atoms with van der Waals surface area (Å²) >= 11 is 12.0. The van der Waals surface area contributed by atoms with Crippen molar-refractivity contribution in [3.05, 3.63) is 69.4 Å². The van der Waals surface area contributed by atoms with E-state index in [1.54, 1.807) is 36.4 Å². The van der Waals surface area contributed by atoms with Crippen molar-refractivity contribution in [1.29, 1.82) is 0 Å². The molecule has 0 saturated heterocycles. The van der Waals surface area contributed by atoms with Crippen molar-refractivity contribution in [1.82, 2.24) is 0 Å². The Kier molecular flexibility index (Phi) is 3.28. The highest BCUT2D eigenvalue weighted by Gasteiger charge is 2.15. The van der Waals surface area contributed by atoms with Crippen molar-refractivity contribution in [2.24, 2.45) is 0 Å². The van der Waals surface area contributed by atoms with Crippen LogP contribution in [0.2, 0.25) is 10.0 Å². The Labute approximate surface area is 125 Å². The summed E-state index contributed by atoms with van der Waals surface area (Å²) in [6, 6.07) is 12.1. The highest BCUT2D eigenvalue weighted by molar-refractivity contribution is 6.32. The van der Waals surface area contributed by atoms with Gasteiger partial charge in [0, 0.05) is 21.0 Å². The molecule has 2 nitrogen and oxygen atoms in total. The number of fused-ring (bicyclic) bond motifs is 1. The zero-order valence-corrected chi connectivity index (χ0v) is 12.1. The molecule has 1 heterocycles. The summed E-state index contributed by atoms with van der Waals surface area (Å²) < 4.78 is 5.56. The van der Waals surface area contributed by atoms with E-state index in [0.29, 0.717) is 21.2 Å². The molecule has 0 atom stereocenters. The first-order valence-corrected chi connectivity index (χ1v) is 6.80. The van der Waals surface area contributed by atoms with E-state index in [-0.39, 0.29) is 11.5 Å². The Morgan fingerprint density at radius 1 is 1.05 bits per heavy atom. The fourth-order valence-corrected chi connectivity index (χ4v) is 2.36. The second-order valence-electron chi connectivity index (χ2n) is 4.59. The normalized spacial score (nSPS) is 10.9. The van der Waals surface area contributed by atoms with Crippen LogP contribution < -0.4 is 0 Å². The summed E-state index contributed by atoms with van der Waals surface area (Å²) in [5.74, 6) is 0.0846. The second kappa shape index (κ2) is 4.97. The first kappa shape index (κ1) is 13.2. The molecule has 0 fully saturated rings. The number of hydrogen-bond acceptors (Lipinski definition) is 2. The number of carbonyl (C=O) groups excluding carboxylic acids is 1. The fraction of sp³-hybridized carbons (Fsp3) is 0.0625. The topological polar surface area (TPSA) is 30.2 Å². The molecular weight excluding hydrogens is 295 g/mol. The van der Waals surface area contributed by atoms with E-state index < -0.39 is 0 Å². The van der Waals surface area contributed by atoms with Crippen LogP contribution in [0.1, 0.15) is 21.7 Å². The van der Waals surface area contributed by atoms with Gasteiger partial charge in [-0.05, 0) is 42.8 Å². The van der Waals surface area contributed by atoms with Crippen LogP contribution in [0.5, 0.6) is 0 Å². The molecule has 0 radical (unpaired) electrons. The van der Waals surface area contributed by atoms with Crippen molar-refractivity contribution in [3.63, 3.8) is 0 Å². The van der Waals surface area contributed by atoms with Gasteiger partial charge in [-0.1, -0.05) is 35.3 Å². The first-order valence-electron chi connectivity index (χ1n) is 6.04. The van der Waals surface area contributed by atoms with Gasteiger partial charge in [0.05, 0.1) is 0 Å². The smallest absolute Gasteiger partial charge is 0.228 e. The molecule has 4 heteroatoms. The van der Waals surface area contributed by atoms with Crippen LogP contribution in [-0.4, -0.2) is 5.78 Å². The van der Waals surface area contributed by atoms with Gasteiger partial charge in [-0.2, -0.15) is 0 Å². The maximum Gasteiger partial charge on any atom is 0.228 e. The summed E-state index contributed by atoms with van der Waals surface area (Å²) in [7, 11) is 0. The third-order valence-corrected chi connectivity index (χ3v) is 3.78. The zero-order chi connectivity index (χ0) is 14.3.